The molecule has 0 saturated carbocycles. The maximum atomic E-state index is 10.9. The van der Waals surface area contributed by atoms with Crippen molar-refractivity contribution in [1.29, 1.82) is 0 Å². The Balaban J connectivity index is 2.80. The average Bonchev–Trinajstić information content (AvgIpc) is 2.26. The fraction of sp³-hybridized carbons (Fsp3) is 0.0909. The molecule has 6 heteroatoms. The van der Waals surface area contributed by atoms with Gasteiger partial charge in [-0.2, -0.15) is 0 Å². The number of allylic oxidation sites excluding steroid dienone is 2. The number of anilines is 1. The number of nitrogens with one attached hydrogen (secondary N) is 1. The van der Waals surface area contributed by atoms with E-state index in [1.165, 1.54) is 6.08 Å². The second kappa shape index (κ2) is 6.44. The van der Waals surface area contributed by atoms with Crippen LogP contribution in [0.25, 0.3) is 5.70 Å². The summed E-state index contributed by atoms with van der Waals surface area (Å²) in [6.45, 7) is 0. The minimum atomic E-state index is -1.08. The van der Waals surface area contributed by atoms with Gasteiger partial charge in [-0.1, -0.05) is 23.7 Å². The van der Waals surface area contributed by atoms with Crippen molar-refractivity contribution in [3.63, 3.8) is 0 Å². The van der Waals surface area contributed by atoms with Gasteiger partial charge in [-0.15, -0.1) is 0 Å². The van der Waals surface area contributed by atoms with Crippen LogP contribution in [0.2, 0.25) is 0 Å². The lowest BCUT2D eigenvalue weighted by Gasteiger charge is -2.07. The minimum absolute atomic E-state index is 0.174. The van der Waals surface area contributed by atoms with Crippen LogP contribution in [-0.4, -0.2) is 10.8 Å². The zero-order valence-corrected chi connectivity index (χ0v) is 10.9. The minimum Gasteiger partial charge on any atom is -0.593 e. The number of rotatable bonds is 4. The van der Waals surface area contributed by atoms with E-state index < -0.39 is 11.4 Å². The summed E-state index contributed by atoms with van der Waals surface area (Å²) in [5.41, 5.74) is 13.3. The SMILES string of the molecule is C[S+]([O-])Nc1ccc(/C(N)=C/C=C(\N)Cl)cc1. The van der Waals surface area contributed by atoms with E-state index in [0.717, 1.165) is 11.3 Å². The Morgan fingerprint density at radius 3 is 2.35 bits per heavy atom. The smallest absolute Gasteiger partial charge is 0.121 e. The Hall–Kier alpha value is -1.30. The van der Waals surface area contributed by atoms with E-state index in [1.54, 1.807) is 24.5 Å². The third kappa shape index (κ3) is 5.04. The molecule has 0 aliphatic rings. The summed E-state index contributed by atoms with van der Waals surface area (Å²) in [4.78, 5) is 0. The Bertz CT molecular complexity index is 425. The number of halogens is 1. The molecule has 5 N–H and O–H groups in total. The molecule has 0 aromatic heterocycles. The van der Waals surface area contributed by atoms with Gasteiger partial charge >= 0.3 is 0 Å². The van der Waals surface area contributed by atoms with E-state index in [9.17, 15) is 4.55 Å². The Morgan fingerprint density at radius 1 is 1.29 bits per heavy atom. The lowest BCUT2D eigenvalue weighted by atomic mass is 10.1. The normalized spacial score (nSPS) is 14.5. The molecule has 0 fully saturated rings. The highest BCUT2D eigenvalue weighted by atomic mass is 35.5. The quantitative estimate of drug-likeness (QED) is 0.442. The predicted octanol–water partition coefficient (Wildman–Crippen LogP) is 1.73. The van der Waals surface area contributed by atoms with Crippen molar-refractivity contribution in [2.24, 2.45) is 11.5 Å². The van der Waals surface area contributed by atoms with Gasteiger partial charge in [0.1, 0.15) is 6.26 Å². The third-order valence-electron chi connectivity index (χ3n) is 1.90. The van der Waals surface area contributed by atoms with E-state index >= 15 is 0 Å². The van der Waals surface area contributed by atoms with Gasteiger partial charge < -0.3 is 16.0 Å². The van der Waals surface area contributed by atoms with Crippen LogP contribution in [0.4, 0.5) is 5.69 Å². The molecule has 1 aromatic carbocycles. The van der Waals surface area contributed by atoms with Crippen molar-refractivity contribution in [3.8, 4) is 0 Å². The van der Waals surface area contributed by atoms with E-state index in [-0.39, 0.29) is 5.16 Å². The molecule has 0 spiro atoms. The largest absolute Gasteiger partial charge is 0.593 e. The molecular weight excluding hydrogens is 258 g/mol. The van der Waals surface area contributed by atoms with E-state index in [1.807, 2.05) is 12.1 Å². The molecular formula is C11H14ClN3OS. The van der Waals surface area contributed by atoms with Crippen LogP contribution in [0, 0.1) is 0 Å². The molecule has 0 heterocycles. The van der Waals surface area contributed by atoms with Gasteiger partial charge in [0.25, 0.3) is 0 Å². The van der Waals surface area contributed by atoms with Gasteiger partial charge in [-0.3, -0.25) is 0 Å². The first-order chi connectivity index (χ1) is 7.99. The van der Waals surface area contributed by atoms with Crippen LogP contribution in [-0.2, 0) is 11.4 Å². The summed E-state index contributed by atoms with van der Waals surface area (Å²) in [5.74, 6) is 0. The Kier molecular flexibility index (Phi) is 5.21. The van der Waals surface area contributed by atoms with Gasteiger partial charge in [0.15, 0.2) is 0 Å². The predicted molar refractivity (Wildman–Crippen MR) is 74.4 cm³/mol. The summed E-state index contributed by atoms with van der Waals surface area (Å²) >= 11 is 4.40. The van der Waals surface area contributed by atoms with Crippen molar-refractivity contribution in [2.45, 2.75) is 0 Å². The van der Waals surface area contributed by atoms with E-state index in [0.29, 0.717) is 5.70 Å². The number of nitrogens with two attached hydrogens (primary N) is 2. The van der Waals surface area contributed by atoms with Crippen molar-refractivity contribution in [1.82, 2.24) is 0 Å². The van der Waals surface area contributed by atoms with Crippen molar-refractivity contribution in [3.05, 3.63) is 47.1 Å². The summed E-state index contributed by atoms with van der Waals surface area (Å²) in [7, 11) is 0. The van der Waals surface area contributed by atoms with E-state index in [2.05, 4.69) is 4.72 Å². The Labute approximate surface area is 109 Å². The molecule has 1 aromatic rings. The molecule has 92 valence electrons. The molecule has 0 amide bonds. The first kappa shape index (κ1) is 13.8. The monoisotopic (exact) mass is 271 g/mol. The third-order valence-corrected chi connectivity index (χ3v) is 2.55. The maximum Gasteiger partial charge on any atom is 0.121 e. The highest BCUT2D eigenvalue weighted by Crippen LogP contribution is 2.15. The van der Waals surface area contributed by atoms with Gasteiger partial charge in [0.05, 0.1) is 22.2 Å². The molecule has 1 rings (SSSR count). The fourth-order valence-corrected chi connectivity index (χ4v) is 1.69. The van der Waals surface area contributed by atoms with Crippen molar-refractivity contribution < 1.29 is 4.55 Å². The van der Waals surface area contributed by atoms with Gasteiger partial charge in [0, 0.05) is 5.70 Å². The van der Waals surface area contributed by atoms with Crippen LogP contribution in [0.3, 0.4) is 0 Å². The van der Waals surface area contributed by atoms with Gasteiger partial charge in [-0.05, 0) is 29.8 Å². The maximum absolute atomic E-state index is 10.9. The first-order valence-electron chi connectivity index (χ1n) is 4.78. The summed E-state index contributed by atoms with van der Waals surface area (Å²) in [6.07, 6.45) is 4.71. The highest BCUT2D eigenvalue weighted by Gasteiger charge is 2.00. The average molecular weight is 272 g/mol. The van der Waals surface area contributed by atoms with E-state index in [4.69, 9.17) is 23.1 Å². The molecule has 0 radical (unpaired) electrons. The van der Waals surface area contributed by atoms with Crippen LogP contribution in [0.5, 0.6) is 0 Å². The van der Waals surface area contributed by atoms with Gasteiger partial charge in [-0.25, -0.2) is 4.72 Å². The van der Waals surface area contributed by atoms with Crippen molar-refractivity contribution >= 4 is 34.3 Å². The molecule has 0 bridgehead atoms. The summed E-state index contributed by atoms with van der Waals surface area (Å²) in [6, 6.07) is 7.23. The lowest BCUT2D eigenvalue weighted by Crippen LogP contribution is -2.09. The van der Waals surface area contributed by atoms with Crippen LogP contribution in [0.1, 0.15) is 5.56 Å². The summed E-state index contributed by atoms with van der Waals surface area (Å²) < 4.78 is 13.7. The lowest BCUT2D eigenvalue weighted by molar-refractivity contribution is 0.605. The molecule has 4 nitrogen and oxygen atoms in total. The van der Waals surface area contributed by atoms with Crippen molar-refractivity contribution in [2.75, 3.05) is 11.0 Å². The molecule has 1 unspecified atom stereocenters. The molecule has 1 atom stereocenters. The number of hydrogen-bond acceptors (Lipinski definition) is 4. The van der Waals surface area contributed by atoms with Crippen LogP contribution in [0.15, 0.2) is 41.6 Å². The van der Waals surface area contributed by atoms with Gasteiger partial charge in [0.2, 0.25) is 0 Å². The topological polar surface area (TPSA) is 87.1 Å². The number of benzene rings is 1. The number of hydrogen-bond donors (Lipinski definition) is 3. The zero-order valence-electron chi connectivity index (χ0n) is 9.31. The molecule has 0 aliphatic carbocycles. The standard InChI is InChI=1S/C11H14ClN3OS/c1-17(16)15-9-4-2-8(3-5-9)10(13)6-7-11(12)14/h2-7,15H,13-14H2,1H3/b10-6-,11-7-. The first-order valence-corrected chi connectivity index (χ1v) is 6.71. The second-order valence-electron chi connectivity index (χ2n) is 3.31. The second-order valence-corrected chi connectivity index (χ2v) is 4.86. The fourth-order valence-electron chi connectivity index (χ4n) is 1.16. The highest BCUT2D eigenvalue weighted by molar-refractivity contribution is 7.92. The molecule has 17 heavy (non-hydrogen) atoms. The molecule has 0 aliphatic heterocycles. The van der Waals surface area contributed by atoms with Crippen LogP contribution < -0.4 is 16.2 Å². The van der Waals surface area contributed by atoms with Crippen LogP contribution >= 0.6 is 11.6 Å². The zero-order chi connectivity index (χ0) is 12.8. The summed E-state index contributed by atoms with van der Waals surface area (Å²) in [5, 5.41) is 0.174. The molecule has 0 saturated heterocycles. The Morgan fingerprint density at radius 2 is 1.88 bits per heavy atom.